The summed E-state index contributed by atoms with van der Waals surface area (Å²) in [7, 11) is 0. The van der Waals surface area contributed by atoms with Crippen molar-refractivity contribution >= 4 is 35.0 Å². The highest BCUT2D eigenvalue weighted by atomic mass is 35.5. The van der Waals surface area contributed by atoms with E-state index in [0.717, 1.165) is 12.1 Å². The molecule has 0 fully saturated rings. The number of halogens is 1. The van der Waals surface area contributed by atoms with Gasteiger partial charge in [0.15, 0.2) is 0 Å². The highest BCUT2D eigenvalue weighted by molar-refractivity contribution is 6.36. The van der Waals surface area contributed by atoms with E-state index in [2.05, 4.69) is 10.6 Å². The van der Waals surface area contributed by atoms with Gasteiger partial charge in [-0.2, -0.15) is 0 Å². The molecule has 1 aliphatic heterocycles. The zero-order valence-corrected chi connectivity index (χ0v) is 15.6. The van der Waals surface area contributed by atoms with Crippen LogP contribution in [0.4, 0.5) is 5.69 Å². The first-order chi connectivity index (χ1) is 13.0. The molecule has 0 saturated carbocycles. The first-order valence-electron chi connectivity index (χ1n) is 8.75. The number of amides is 3. The zero-order valence-electron chi connectivity index (χ0n) is 14.9. The third kappa shape index (κ3) is 3.95. The maximum Gasteiger partial charge on any atom is 0.310 e. The molecule has 1 atom stereocenters. The van der Waals surface area contributed by atoms with Gasteiger partial charge in [0.05, 0.1) is 0 Å². The van der Waals surface area contributed by atoms with E-state index in [-0.39, 0.29) is 12.5 Å². The average Bonchev–Trinajstić information content (AvgIpc) is 2.93. The molecule has 3 amide bonds. The summed E-state index contributed by atoms with van der Waals surface area (Å²) >= 11 is 6.04. The van der Waals surface area contributed by atoms with E-state index in [1.807, 2.05) is 19.1 Å². The molecule has 1 aliphatic rings. The fourth-order valence-electron chi connectivity index (χ4n) is 3.07. The van der Waals surface area contributed by atoms with E-state index < -0.39 is 17.9 Å². The number of anilines is 1. The summed E-state index contributed by atoms with van der Waals surface area (Å²) in [6, 6.07) is 13.5. The number of carbonyl (C=O) groups is 3. The van der Waals surface area contributed by atoms with Crippen LogP contribution in [0.3, 0.4) is 0 Å². The molecule has 0 saturated heterocycles. The normalized spacial score (nSPS) is 15.4. The highest BCUT2D eigenvalue weighted by Gasteiger charge is 2.38. The van der Waals surface area contributed by atoms with Crippen LogP contribution in [-0.4, -0.2) is 24.3 Å². The Morgan fingerprint density at radius 3 is 2.52 bits per heavy atom. The van der Waals surface area contributed by atoms with E-state index in [4.69, 9.17) is 11.6 Å². The quantitative estimate of drug-likeness (QED) is 0.776. The summed E-state index contributed by atoms with van der Waals surface area (Å²) in [6.45, 7) is 2.66. The van der Waals surface area contributed by atoms with Crippen molar-refractivity contribution in [3.8, 4) is 0 Å². The zero-order chi connectivity index (χ0) is 19.4. The second-order valence-electron chi connectivity index (χ2n) is 6.23. The molecule has 1 heterocycles. The van der Waals surface area contributed by atoms with Crippen LogP contribution in [0.15, 0.2) is 48.5 Å². The lowest BCUT2D eigenvalue weighted by Crippen LogP contribution is -2.44. The predicted octanol–water partition coefficient (Wildman–Crippen LogP) is 2.57. The van der Waals surface area contributed by atoms with Gasteiger partial charge in [-0.3, -0.25) is 14.4 Å². The Bertz CT molecular complexity index is 884. The minimum Gasteiger partial charge on any atom is -0.344 e. The summed E-state index contributed by atoms with van der Waals surface area (Å²) in [5.41, 5.74) is 2.17. The number of nitrogens with zero attached hydrogens (tertiary/aromatic N) is 1. The summed E-state index contributed by atoms with van der Waals surface area (Å²) in [4.78, 5) is 38.8. The number of hydrogen-bond donors (Lipinski definition) is 2. The van der Waals surface area contributed by atoms with Crippen molar-refractivity contribution < 1.29 is 14.4 Å². The molecular weight excluding hydrogens is 366 g/mol. The second kappa shape index (κ2) is 8.22. The number of hydrogen-bond acceptors (Lipinski definition) is 3. The van der Waals surface area contributed by atoms with E-state index in [9.17, 15) is 14.4 Å². The molecule has 140 valence electrons. The SMILES string of the molecule is CCCN1C(=O)C(NC(=O)C(=O)NCc2ccccc2Cl)c2ccccc21. The predicted molar refractivity (Wildman–Crippen MR) is 103 cm³/mol. The summed E-state index contributed by atoms with van der Waals surface area (Å²) in [5.74, 6) is -1.90. The Labute approximate surface area is 162 Å². The average molecular weight is 386 g/mol. The third-order valence-corrected chi connectivity index (χ3v) is 4.75. The van der Waals surface area contributed by atoms with Crippen molar-refractivity contribution in [3.63, 3.8) is 0 Å². The molecule has 0 aromatic heterocycles. The van der Waals surface area contributed by atoms with Crippen LogP contribution < -0.4 is 15.5 Å². The van der Waals surface area contributed by atoms with E-state index in [0.29, 0.717) is 22.7 Å². The summed E-state index contributed by atoms with van der Waals surface area (Å²) in [6.07, 6.45) is 0.791. The van der Waals surface area contributed by atoms with Gasteiger partial charge in [-0.25, -0.2) is 0 Å². The van der Waals surface area contributed by atoms with Crippen LogP contribution in [0.25, 0.3) is 0 Å². The Kier molecular flexibility index (Phi) is 5.76. The number of rotatable bonds is 5. The Balaban J connectivity index is 1.67. The van der Waals surface area contributed by atoms with Gasteiger partial charge in [0, 0.05) is 29.4 Å². The summed E-state index contributed by atoms with van der Waals surface area (Å²) < 4.78 is 0. The van der Waals surface area contributed by atoms with Gasteiger partial charge in [0.25, 0.3) is 5.91 Å². The van der Waals surface area contributed by atoms with Crippen LogP contribution in [0.1, 0.15) is 30.5 Å². The largest absolute Gasteiger partial charge is 0.344 e. The third-order valence-electron chi connectivity index (χ3n) is 4.38. The minimum absolute atomic E-state index is 0.128. The molecule has 7 heteroatoms. The lowest BCUT2D eigenvalue weighted by atomic mass is 10.1. The van der Waals surface area contributed by atoms with Gasteiger partial charge in [-0.15, -0.1) is 0 Å². The molecule has 1 unspecified atom stereocenters. The second-order valence-corrected chi connectivity index (χ2v) is 6.64. The van der Waals surface area contributed by atoms with E-state index in [1.165, 1.54) is 0 Å². The van der Waals surface area contributed by atoms with Crippen molar-refractivity contribution in [2.45, 2.75) is 25.9 Å². The minimum atomic E-state index is -0.855. The topological polar surface area (TPSA) is 78.5 Å². The molecule has 3 rings (SSSR count). The number of carbonyl (C=O) groups excluding carboxylic acids is 3. The molecule has 0 bridgehead atoms. The Morgan fingerprint density at radius 1 is 1.07 bits per heavy atom. The molecule has 6 nitrogen and oxygen atoms in total. The molecule has 0 spiro atoms. The van der Waals surface area contributed by atoms with Crippen molar-refractivity contribution in [2.75, 3.05) is 11.4 Å². The Morgan fingerprint density at radius 2 is 1.78 bits per heavy atom. The number of benzene rings is 2. The van der Waals surface area contributed by atoms with Gasteiger partial charge >= 0.3 is 11.8 Å². The standard InChI is InChI=1S/C20H20ClN3O3/c1-2-11-24-16-10-6-4-8-14(16)17(20(24)27)23-19(26)18(25)22-12-13-7-3-5-9-15(13)21/h3-10,17H,2,11-12H2,1H3,(H,22,25)(H,23,26). The lowest BCUT2D eigenvalue weighted by molar-refractivity contribution is -0.140. The smallest absolute Gasteiger partial charge is 0.310 e. The number of nitrogens with one attached hydrogen (secondary N) is 2. The van der Waals surface area contributed by atoms with E-state index in [1.54, 1.807) is 41.3 Å². The van der Waals surface area contributed by atoms with Crippen LogP contribution in [0.5, 0.6) is 0 Å². The van der Waals surface area contributed by atoms with Crippen molar-refractivity contribution in [1.29, 1.82) is 0 Å². The number of para-hydroxylation sites is 1. The van der Waals surface area contributed by atoms with Gasteiger partial charge in [-0.1, -0.05) is 54.9 Å². The van der Waals surface area contributed by atoms with Crippen LogP contribution >= 0.6 is 11.6 Å². The molecule has 2 N–H and O–H groups in total. The lowest BCUT2D eigenvalue weighted by Gasteiger charge is -2.17. The summed E-state index contributed by atoms with van der Waals surface area (Å²) in [5, 5.41) is 5.58. The van der Waals surface area contributed by atoms with Crippen molar-refractivity contribution in [3.05, 3.63) is 64.7 Å². The van der Waals surface area contributed by atoms with E-state index >= 15 is 0 Å². The fourth-order valence-corrected chi connectivity index (χ4v) is 3.28. The maximum absolute atomic E-state index is 12.7. The van der Waals surface area contributed by atoms with Crippen molar-refractivity contribution in [1.82, 2.24) is 10.6 Å². The first kappa shape index (κ1) is 18.9. The molecule has 2 aromatic carbocycles. The maximum atomic E-state index is 12.7. The molecular formula is C20H20ClN3O3. The molecule has 2 aromatic rings. The van der Waals surface area contributed by atoms with Gasteiger partial charge < -0.3 is 15.5 Å². The van der Waals surface area contributed by atoms with Crippen LogP contribution in [0, 0.1) is 0 Å². The highest BCUT2D eigenvalue weighted by Crippen LogP contribution is 2.35. The van der Waals surface area contributed by atoms with Gasteiger partial charge in [-0.05, 0) is 24.1 Å². The number of fused-ring (bicyclic) bond motifs is 1. The van der Waals surface area contributed by atoms with Gasteiger partial charge in [0.1, 0.15) is 6.04 Å². The Hall–Kier alpha value is -2.86. The molecule has 0 aliphatic carbocycles. The van der Waals surface area contributed by atoms with Crippen molar-refractivity contribution in [2.24, 2.45) is 0 Å². The molecule has 0 radical (unpaired) electrons. The monoisotopic (exact) mass is 385 g/mol. The van der Waals surface area contributed by atoms with Crippen LogP contribution in [-0.2, 0) is 20.9 Å². The first-order valence-corrected chi connectivity index (χ1v) is 9.13. The fraction of sp³-hybridized carbons (Fsp3) is 0.250. The molecule has 27 heavy (non-hydrogen) atoms. The van der Waals surface area contributed by atoms with Crippen LogP contribution in [0.2, 0.25) is 5.02 Å². The van der Waals surface area contributed by atoms with Gasteiger partial charge in [0.2, 0.25) is 0 Å².